The minimum Gasteiger partial charge on any atom is -0.439 e. The minimum absolute atomic E-state index is 0.142. The fourth-order valence-electron chi connectivity index (χ4n) is 3.16. The van der Waals surface area contributed by atoms with Crippen LogP contribution >= 0.6 is 11.8 Å². The number of nitrogens with zero attached hydrogens (tertiary/aromatic N) is 4. The van der Waals surface area contributed by atoms with Crippen molar-refractivity contribution in [1.29, 1.82) is 0 Å². The highest BCUT2D eigenvalue weighted by Gasteiger charge is 2.13. The van der Waals surface area contributed by atoms with Gasteiger partial charge in [0.2, 0.25) is 11.8 Å². The lowest BCUT2D eigenvalue weighted by molar-refractivity contribution is -0.113. The van der Waals surface area contributed by atoms with Gasteiger partial charge in [0.25, 0.3) is 0 Å². The number of thioether (sulfide) groups is 1. The third kappa shape index (κ3) is 5.98. The van der Waals surface area contributed by atoms with Gasteiger partial charge in [-0.1, -0.05) is 48.2 Å². The average molecular weight is 460 g/mol. The van der Waals surface area contributed by atoms with Crippen molar-refractivity contribution in [2.75, 3.05) is 11.1 Å². The van der Waals surface area contributed by atoms with E-state index in [0.717, 1.165) is 22.7 Å². The summed E-state index contributed by atoms with van der Waals surface area (Å²) in [6.45, 7) is 6.67. The second-order valence-corrected chi connectivity index (χ2v) is 8.61. The molecule has 2 heterocycles. The Morgan fingerprint density at radius 2 is 1.82 bits per heavy atom. The highest BCUT2D eigenvalue weighted by Crippen LogP contribution is 2.23. The van der Waals surface area contributed by atoms with E-state index < -0.39 is 0 Å². The first-order chi connectivity index (χ1) is 16.0. The second-order valence-electron chi connectivity index (χ2n) is 7.67. The maximum Gasteiger partial charge on any atom is 0.234 e. The lowest BCUT2D eigenvalue weighted by Gasteiger charge is -2.09. The Hall–Kier alpha value is -3.65. The van der Waals surface area contributed by atoms with E-state index in [1.165, 1.54) is 17.3 Å². The van der Waals surface area contributed by atoms with Gasteiger partial charge in [0.1, 0.15) is 11.6 Å². The number of benzene rings is 2. The summed E-state index contributed by atoms with van der Waals surface area (Å²) in [6.07, 6.45) is 1.58. The molecule has 4 aromatic rings. The first-order valence-corrected chi connectivity index (χ1v) is 11.5. The normalized spacial score (nSPS) is 10.8. The molecular formula is C25H25N5O2S. The van der Waals surface area contributed by atoms with E-state index in [-0.39, 0.29) is 11.7 Å². The van der Waals surface area contributed by atoms with Gasteiger partial charge in [-0.05, 0) is 55.7 Å². The number of nitrogens with one attached hydrogen (secondary N) is 1. The second kappa shape index (κ2) is 10.3. The van der Waals surface area contributed by atoms with E-state index in [1.807, 2.05) is 54.8 Å². The van der Waals surface area contributed by atoms with Crippen LogP contribution in [0, 0.1) is 20.8 Å². The van der Waals surface area contributed by atoms with Crippen LogP contribution in [-0.2, 0) is 11.3 Å². The van der Waals surface area contributed by atoms with Gasteiger partial charge in [0, 0.05) is 6.07 Å². The average Bonchev–Trinajstić information content (AvgIpc) is 3.16. The summed E-state index contributed by atoms with van der Waals surface area (Å²) in [5.74, 6) is 2.08. The van der Waals surface area contributed by atoms with Crippen LogP contribution < -0.4 is 10.1 Å². The molecule has 2 aromatic carbocycles. The molecule has 7 nitrogen and oxygen atoms in total. The number of hydrogen-bond donors (Lipinski definition) is 1. The molecule has 0 saturated carbocycles. The van der Waals surface area contributed by atoms with Gasteiger partial charge in [-0.2, -0.15) is 0 Å². The minimum atomic E-state index is -0.142. The van der Waals surface area contributed by atoms with Gasteiger partial charge in [0.05, 0.1) is 24.2 Å². The Morgan fingerprint density at radius 3 is 2.55 bits per heavy atom. The van der Waals surface area contributed by atoms with Crippen LogP contribution in [0.15, 0.2) is 72.0 Å². The molecule has 0 saturated heterocycles. The molecule has 8 heteroatoms. The standard InChI is InChI=1S/C25H25N5O2S/c1-17-9-11-22(13-18(17)2)32-24-12-10-21(14-26-24)27-23(31)16-33-25-29-28-19(3)30(25)15-20-7-5-4-6-8-20/h4-14H,15-16H2,1-3H3,(H,27,31). The molecule has 0 fully saturated rings. The summed E-state index contributed by atoms with van der Waals surface area (Å²) in [6, 6.07) is 19.5. The van der Waals surface area contributed by atoms with Gasteiger partial charge in [0.15, 0.2) is 5.16 Å². The Kier molecular flexibility index (Phi) is 7.04. The van der Waals surface area contributed by atoms with E-state index in [2.05, 4.69) is 39.6 Å². The summed E-state index contributed by atoms with van der Waals surface area (Å²) in [7, 11) is 0. The van der Waals surface area contributed by atoms with Crippen LogP contribution in [0.5, 0.6) is 11.6 Å². The summed E-state index contributed by atoms with van der Waals surface area (Å²) < 4.78 is 7.81. The molecule has 0 atom stereocenters. The quantitative estimate of drug-likeness (QED) is 0.366. The van der Waals surface area contributed by atoms with Crippen molar-refractivity contribution in [2.24, 2.45) is 0 Å². The molecule has 0 aliphatic carbocycles. The van der Waals surface area contributed by atoms with Crippen molar-refractivity contribution in [3.63, 3.8) is 0 Å². The van der Waals surface area contributed by atoms with E-state index in [9.17, 15) is 4.79 Å². The number of hydrogen-bond acceptors (Lipinski definition) is 6. The molecule has 0 spiro atoms. The van der Waals surface area contributed by atoms with Gasteiger partial charge in [-0.25, -0.2) is 4.98 Å². The number of aromatic nitrogens is 4. The van der Waals surface area contributed by atoms with Crippen molar-refractivity contribution in [3.05, 3.63) is 89.4 Å². The van der Waals surface area contributed by atoms with Crippen LogP contribution in [0.2, 0.25) is 0 Å². The predicted octanol–water partition coefficient (Wildman–Crippen LogP) is 5.17. The SMILES string of the molecule is Cc1ccc(Oc2ccc(NC(=O)CSc3nnc(C)n3Cc3ccccc3)cn2)cc1C. The maximum absolute atomic E-state index is 12.5. The molecule has 0 aliphatic heterocycles. The van der Waals surface area contributed by atoms with Crippen molar-refractivity contribution in [2.45, 2.75) is 32.5 Å². The first-order valence-electron chi connectivity index (χ1n) is 10.6. The monoisotopic (exact) mass is 459 g/mol. The zero-order chi connectivity index (χ0) is 23.2. The topological polar surface area (TPSA) is 81.9 Å². The Balaban J connectivity index is 1.32. The van der Waals surface area contributed by atoms with E-state index in [4.69, 9.17) is 4.74 Å². The third-order valence-electron chi connectivity index (χ3n) is 5.14. The Bertz CT molecular complexity index is 1240. The lowest BCUT2D eigenvalue weighted by Crippen LogP contribution is -2.15. The van der Waals surface area contributed by atoms with Gasteiger partial charge >= 0.3 is 0 Å². The summed E-state index contributed by atoms with van der Waals surface area (Å²) in [5, 5.41) is 12.0. The van der Waals surface area contributed by atoms with E-state index >= 15 is 0 Å². The number of anilines is 1. The number of ether oxygens (including phenoxy) is 1. The first kappa shape index (κ1) is 22.5. The molecule has 33 heavy (non-hydrogen) atoms. The summed E-state index contributed by atoms with van der Waals surface area (Å²) in [4.78, 5) is 16.8. The number of aryl methyl sites for hydroxylation is 3. The van der Waals surface area contributed by atoms with Gasteiger partial charge in [-0.3, -0.25) is 4.79 Å². The largest absolute Gasteiger partial charge is 0.439 e. The smallest absolute Gasteiger partial charge is 0.234 e. The molecular weight excluding hydrogens is 434 g/mol. The number of carbonyl (C=O) groups excluding carboxylic acids is 1. The number of pyridine rings is 1. The van der Waals surface area contributed by atoms with Crippen LogP contribution in [0.25, 0.3) is 0 Å². The maximum atomic E-state index is 12.5. The van der Waals surface area contributed by atoms with Crippen molar-refractivity contribution in [1.82, 2.24) is 19.7 Å². The number of amides is 1. The molecule has 1 amide bonds. The molecule has 0 aliphatic rings. The molecule has 0 unspecified atom stereocenters. The molecule has 1 N–H and O–H groups in total. The zero-order valence-electron chi connectivity index (χ0n) is 18.8. The van der Waals surface area contributed by atoms with Crippen LogP contribution in [-0.4, -0.2) is 31.4 Å². The molecule has 4 rings (SSSR count). The molecule has 168 valence electrons. The van der Waals surface area contributed by atoms with Crippen LogP contribution in [0.1, 0.15) is 22.5 Å². The van der Waals surface area contributed by atoms with Crippen molar-refractivity contribution < 1.29 is 9.53 Å². The fraction of sp³-hybridized carbons (Fsp3) is 0.200. The van der Waals surface area contributed by atoms with E-state index in [0.29, 0.717) is 23.3 Å². The highest BCUT2D eigenvalue weighted by molar-refractivity contribution is 7.99. The van der Waals surface area contributed by atoms with Gasteiger partial charge < -0.3 is 14.6 Å². The Morgan fingerprint density at radius 1 is 1.00 bits per heavy atom. The number of rotatable bonds is 8. The fourth-order valence-corrected chi connectivity index (χ4v) is 3.94. The van der Waals surface area contributed by atoms with Crippen LogP contribution in [0.3, 0.4) is 0 Å². The third-order valence-corrected chi connectivity index (χ3v) is 6.11. The van der Waals surface area contributed by atoms with Crippen LogP contribution in [0.4, 0.5) is 5.69 Å². The summed E-state index contributed by atoms with van der Waals surface area (Å²) in [5.41, 5.74) is 4.12. The molecule has 0 bridgehead atoms. The van der Waals surface area contributed by atoms with Gasteiger partial charge in [-0.15, -0.1) is 10.2 Å². The van der Waals surface area contributed by atoms with Crippen molar-refractivity contribution in [3.8, 4) is 11.6 Å². The molecule has 2 aromatic heterocycles. The van der Waals surface area contributed by atoms with Crippen molar-refractivity contribution >= 4 is 23.4 Å². The lowest BCUT2D eigenvalue weighted by atomic mass is 10.1. The summed E-state index contributed by atoms with van der Waals surface area (Å²) >= 11 is 1.35. The molecule has 0 radical (unpaired) electrons. The Labute approximate surface area is 197 Å². The number of carbonyl (C=O) groups is 1. The van der Waals surface area contributed by atoms with E-state index in [1.54, 1.807) is 18.3 Å². The highest BCUT2D eigenvalue weighted by atomic mass is 32.2. The predicted molar refractivity (Wildman–Crippen MR) is 130 cm³/mol. The zero-order valence-corrected chi connectivity index (χ0v) is 19.6.